The van der Waals surface area contributed by atoms with E-state index in [0.717, 1.165) is 31.9 Å². The summed E-state index contributed by atoms with van der Waals surface area (Å²) in [7, 11) is -3.28. The molecule has 1 saturated heterocycles. The number of benzene rings is 2. The van der Waals surface area contributed by atoms with E-state index in [0.29, 0.717) is 16.5 Å². The van der Waals surface area contributed by atoms with Crippen molar-refractivity contribution < 1.29 is 18.4 Å². The van der Waals surface area contributed by atoms with E-state index in [1.165, 1.54) is 4.90 Å². The minimum absolute atomic E-state index is 0.126. The van der Waals surface area contributed by atoms with Crippen LogP contribution in [0.5, 0.6) is 5.75 Å². The van der Waals surface area contributed by atoms with Gasteiger partial charge in [-0.1, -0.05) is 23.7 Å². The number of nitrogens with zero attached hydrogens (tertiary/aromatic N) is 1. The average Bonchev–Trinajstić information content (AvgIpc) is 2.61. The summed E-state index contributed by atoms with van der Waals surface area (Å²) in [6.07, 6.45) is 0. The van der Waals surface area contributed by atoms with Crippen LogP contribution in [0.4, 0.5) is 5.69 Å². The number of phenols is 1. The second-order valence-electron chi connectivity index (χ2n) is 6.25. The van der Waals surface area contributed by atoms with Crippen molar-refractivity contribution >= 4 is 27.1 Å². The molecule has 0 spiro atoms. The number of piperazine rings is 1. The summed E-state index contributed by atoms with van der Waals surface area (Å²) in [6, 6.07) is 13.6. The van der Waals surface area contributed by atoms with Gasteiger partial charge in [0.25, 0.3) is 0 Å². The summed E-state index contributed by atoms with van der Waals surface area (Å²) in [6.45, 7) is 3.89. The van der Waals surface area contributed by atoms with Gasteiger partial charge in [-0.05, 0) is 36.4 Å². The monoisotopic (exact) mass is 381 g/mol. The molecule has 0 radical (unpaired) electrons. The van der Waals surface area contributed by atoms with Gasteiger partial charge in [-0.3, -0.25) is 0 Å². The third kappa shape index (κ3) is 4.45. The Labute approximate surface area is 153 Å². The van der Waals surface area contributed by atoms with Gasteiger partial charge in [0.05, 0.1) is 43.3 Å². The second-order valence-corrected chi connectivity index (χ2v) is 8.79. The van der Waals surface area contributed by atoms with Crippen LogP contribution in [0.2, 0.25) is 5.02 Å². The fraction of sp³-hybridized carbons (Fsp3) is 0.333. The molecule has 1 aliphatic rings. The first-order chi connectivity index (χ1) is 12.0. The highest BCUT2D eigenvalue weighted by atomic mass is 35.5. The van der Waals surface area contributed by atoms with Gasteiger partial charge in [-0.25, -0.2) is 8.42 Å². The van der Waals surface area contributed by atoms with Gasteiger partial charge >= 0.3 is 0 Å². The maximum absolute atomic E-state index is 12.4. The molecule has 0 aliphatic carbocycles. The highest BCUT2D eigenvalue weighted by molar-refractivity contribution is 7.91. The molecule has 0 aromatic heterocycles. The van der Waals surface area contributed by atoms with Gasteiger partial charge in [-0.15, -0.1) is 0 Å². The molecule has 5 nitrogen and oxygen atoms in total. The summed E-state index contributed by atoms with van der Waals surface area (Å²) in [4.78, 5) is 3.74. The lowest BCUT2D eigenvalue weighted by Crippen LogP contribution is -3.15. The lowest BCUT2D eigenvalue weighted by atomic mass is 10.2. The molecule has 1 heterocycles. The van der Waals surface area contributed by atoms with Crippen LogP contribution in [0.15, 0.2) is 53.4 Å². The zero-order valence-corrected chi connectivity index (χ0v) is 15.4. The summed E-state index contributed by atoms with van der Waals surface area (Å²) < 4.78 is 24.8. The number of anilines is 1. The minimum atomic E-state index is -3.28. The number of hydrogen-bond acceptors (Lipinski definition) is 4. The van der Waals surface area contributed by atoms with E-state index in [9.17, 15) is 13.5 Å². The number of rotatable bonds is 5. The predicted octanol–water partition coefficient (Wildman–Crippen LogP) is 1.22. The Hall–Kier alpha value is -1.76. The molecule has 0 amide bonds. The van der Waals surface area contributed by atoms with E-state index in [-0.39, 0.29) is 11.5 Å². The highest BCUT2D eigenvalue weighted by Gasteiger charge is 2.24. The molecule has 0 saturated carbocycles. The van der Waals surface area contributed by atoms with Crippen LogP contribution in [0.25, 0.3) is 0 Å². The SMILES string of the molecule is O=S(=O)(CC[NH+]1CCN(c2ccccc2O)CC1)c1ccc(Cl)cc1. The number of sulfone groups is 1. The maximum Gasteiger partial charge on any atom is 0.183 e. The van der Waals surface area contributed by atoms with Crippen molar-refractivity contribution in [2.24, 2.45) is 0 Å². The number of nitrogens with one attached hydrogen (secondary N) is 1. The predicted molar refractivity (Wildman–Crippen MR) is 99.4 cm³/mol. The van der Waals surface area contributed by atoms with Gasteiger partial charge in [0.15, 0.2) is 9.84 Å². The van der Waals surface area contributed by atoms with Crippen LogP contribution in [-0.2, 0) is 9.84 Å². The van der Waals surface area contributed by atoms with Crippen LogP contribution in [-0.4, -0.2) is 52.0 Å². The first-order valence-electron chi connectivity index (χ1n) is 8.30. The number of phenolic OH excluding ortho intramolecular Hbond substituents is 1. The maximum atomic E-state index is 12.4. The Bertz CT molecular complexity index is 816. The lowest BCUT2D eigenvalue weighted by molar-refractivity contribution is -0.898. The number of aromatic hydroxyl groups is 1. The molecule has 25 heavy (non-hydrogen) atoms. The molecule has 3 rings (SSSR count). The van der Waals surface area contributed by atoms with Gasteiger partial charge in [0.2, 0.25) is 0 Å². The first-order valence-corrected chi connectivity index (χ1v) is 10.3. The van der Waals surface area contributed by atoms with Crippen LogP contribution in [0.3, 0.4) is 0 Å². The molecule has 2 aromatic rings. The Morgan fingerprint density at radius 1 is 1.04 bits per heavy atom. The third-order valence-corrected chi connectivity index (χ3v) is 6.57. The lowest BCUT2D eigenvalue weighted by Gasteiger charge is -2.33. The fourth-order valence-electron chi connectivity index (χ4n) is 3.08. The van der Waals surface area contributed by atoms with E-state index in [4.69, 9.17) is 11.6 Å². The Kier molecular flexibility index (Phi) is 5.51. The summed E-state index contributed by atoms with van der Waals surface area (Å²) >= 11 is 5.81. The molecular weight excluding hydrogens is 360 g/mol. The molecule has 7 heteroatoms. The van der Waals surface area contributed by atoms with Gasteiger partial charge < -0.3 is 14.9 Å². The second kappa shape index (κ2) is 7.64. The van der Waals surface area contributed by atoms with E-state index < -0.39 is 9.84 Å². The third-order valence-electron chi connectivity index (χ3n) is 4.59. The zero-order valence-electron chi connectivity index (χ0n) is 13.9. The van der Waals surface area contributed by atoms with E-state index in [2.05, 4.69) is 4.90 Å². The van der Waals surface area contributed by atoms with Gasteiger partial charge in [-0.2, -0.15) is 0 Å². The van der Waals surface area contributed by atoms with Crippen LogP contribution in [0.1, 0.15) is 0 Å². The van der Waals surface area contributed by atoms with Crippen molar-refractivity contribution in [1.82, 2.24) is 0 Å². The molecule has 0 unspecified atom stereocenters. The van der Waals surface area contributed by atoms with E-state index >= 15 is 0 Å². The Balaban J connectivity index is 1.54. The van der Waals surface area contributed by atoms with Crippen molar-refractivity contribution in [2.75, 3.05) is 43.4 Å². The van der Waals surface area contributed by atoms with Crippen molar-refractivity contribution in [1.29, 1.82) is 0 Å². The van der Waals surface area contributed by atoms with Crippen molar-refractivity contribution in [3.63, 3.8) is 0 Å². The van der Waals surface area contributed by atoms with Crippen LogP contribution in [0, 0.1) is 0 Å². The number of hydrogen-bond donors (Lipinski definition) is 2. The summed E-state index contributed by atoms with van der Waals surface area (Å²) in [5, 5.41) is 10.5. The Morgan fingerprint density at radius 2 is 1.68 bits per heavy atom. The standard InChI is InChI=1S/C18H21ClN2O3S/c19-15-5-7-16(8-6-15)25(23,24)14-13-20-9-11-21(12-10-20)17-3-1-2-4-18(17)22/h1-8,22H,9-14H2/p+1. The number of para-hydroxylation sites is 2. The van der Waals surface area contributed by atoms with Crippen LogP contribution < -0.4 is 9.80 Å². The zero-order chi connectivity index (χ0) is 17.9. The highest BCUT2D eigenvalue weighted by Crippen LogP contribution is 2.26. The van der Waals surface area contributed by atoms with Gasteiger partial charge in [0, 0.05) is 5.02 Å². The van der Waals surface area contributed by atoms with E-state index in [1.54, 1.807) is 30.3 Å². The molecule has 0 atom stereocenters. The number of quaternary nitrogens is 1. The first kappa shape index (κ1) is 18.0. The van der Waals surface area contributed by atoms with Crippen molar-refractivity contribution in [3.05, 3.63) is 53.6 Å². The fourth-order valence-corrected chi connectivity index (χ4v) is 4.55. The average molecular weight is 382 g/mol. The molecule has 134 valence electrons. The molecule has 1 fully saturated rings. The summed E-state index contributed by atoms with van der Waals surface area (Å²) in [5.74, 6) is 0.414. The number of halogens is 1. The minimum Gasteiger partial charge on any atom is -0.506 e. The Morgan fingerprint density at radius 3 is 2.32 bits per heavy atom. The quantitative estimate of drug-likeness (QED) is 0.817. The largest absolute Gasteiger partial charge is 0.506 e. The molecule has 0 bridgehead atoms. The topological polar surface area (TPSA) is 62.0 Å². The molecule has 1 aliphatic heterocycles. The van der Waals surface area contributed by atoms with Crippen molar-refractivity contribution in [3.8, 4) is 5.75 Å². The normalized spacial score (nSPS) is 16.1. The summed E-state index contributed by atoms with van der Waals surface area (Å²) in [5.41, 5.74) is 0.843. The molecular formula is C18H22ClN2O3S+. The van der Waals surface area contributed by atoms with E-state index in [1.807, 2.05) is 18.2 Å². The molecule has 2 N–H and O–H groups in total. The smallest absolute Gasteiger partial charge is 0.183 e. The molecule has 2 aromatic carbocycles. The van der Waals surface area contributed by atoms with Crippen LogP contribution >= 0.6 is 11.6 Å². The van der Waals surface area contributed by atoms with Gasteiger partial charge in [0.1, 0.15) is 11.5 Å². The van der Waals surface area contributed by atoms with Crippen molar-refractivity contribution in [2.45, 2.75) is 4.90 Å².